The number of aliphatic carboxylic acids is 1. The van der Waals surface area contributed by atoms with Crippen molar-refractivity contribution < 1.29 is 19.7 Å². The van der Waals surface area contributed by atoms with Gasteiger partial charge in [0, 0.05) is 11.0 Å². The van der Waals surface area contributed by atoms with E-state index in [1.807, 2.05) is 0 Å². The summed E-state index contributed by atoms with van der Waals surface area (Å²) in [5.74, 6) is -0.350. The number of ether oxygens (including phenoxy) is 1. The maximum Gasteiger partial charge on any atom is 0.341 e. The van der Waals surface area contributed by atoms with Gasteiger partial charge in [0.1, 0.15) is 10.8 Å². The molecule has 2 atom stereocenters. The standard InChI is InChI=1S/C17H20Cl2O4/c1-17(10-4-2-3-5-10)7-9-6-11(23-8-12(20)21)14(18)15(19)13(9)16(17)22/h6,10,16,22H,2-5,7-8H2,1H3,(H,20,21). The van der Waals surface area contributed by atoms with Crippen LogP contribution >= 0.6 is 23.2 Å². The molecule has 2 unspecified atom stereocenters. The van der Waals surface area contributed by atoms with Crippen molar-refractivity contribution in [1.29, 1.82) is 0 Å². The summed E-state index contributed by atoms with van der Waals surface area (Å²) in [6, 6.07) is 1.73. The lowest BCUT2D eigenvalue weighted by atomic mass is 9.72. The molecule has 0 radical (unpaired) electrons. The number of carboxylic acids is 1. The van der Waals surface area contributed by atoms with Crippen LogP contribution in [0.3, 0.4) is 0 Å². The fraction of sp³-hybridized carbons (Fsp3) is 0.588. The van der Waals surface area contributed by atoms with E-state index in [0.29, 0.717) is 17.9 Å². The number of aliphatic hydroxyl groups is 1. The molecule has 0 aromatic heterocycles. The Balaban J connectivity index is 1.96. The summed E-state index contributed by atoms with van der Waals surface area (Å²) in [6.45, 7) is 1.63. The van der Waals surface area contributed by atoms with Gasteiger partial charge in [0.05, 0.1) is 11.1 Å². The quantitative estimate of drug-likeness (QED) is 0.844. The van der Waals surface area contributed by atoms with Gasteiger partial charge in [0.25, 0.3) is 0 Å². The van der Waals surface area contributed by atoms with Gasteiger partial charge in [-0.3, -0.25) is 0 Å². The van der Waals surface area contributed by atoms with Crippen LogP contribution in [0.25, 0.3) is 0 Å². The van der Waals surface area contributed by atoms with Crippen LogP contribution in [0.1, 0.15) is 49.8 Å². The minimum absolute atomic E-state index is 0.168. The zero-order valence-electron chi connectivity index (χ0n) is 12.9. The third kappa shape index (κ3) is 2.81. The third-order valence-electron chi connectivity index (χ3n) is 5.41. The molecule has 0 saturated heterocycles. The van der Waals surface area contributed by atoms with Crippen molar-refractivity contribution in [2.75, 3.05) is 6.61 Å². The molecule has 1 aromatic carbocycles. The van der Waals surface area contributed by atoms with Gasteiger partial charge in [-0.25, -0.2) is 4.79 Å². The molecule has 0 bridgehead atoms. The number of hydrogen-bond acceptors (Lipinski definition) is 3. The van der Waals surface area contributed by atoms with E-state index in [0.717, 1.165) is 18.4 Å². The zero-order chi connectivity index (χ0) is 16.8. The fourth-order valence-corrected chi connectivity index (χ4v) is 4.67. The monoisotopic (exact) mass is 358 g/mol. The summed E-state index contributed by atoms with van der Waals surface area (Å²) in [6.07, 6.45) is 4.69. The van der Waals surface area contributed by atoms with Crippen molar-refractivity contribution in [1.82, 2.24) is 0 Å². The number of carboxylic acid groups (broad SMARTS) is 1. The molecule has 3 rings (SSSR count). The number of halogens is 2. The van der Waals surface area contributed by atoms with Crippen LogP contribution in [-0.2, 0) is 11.2 Å². The van der Waals surface area contributed by atoms with E-state index < -0.39 is 18.7 Å². The predicted molar refractivity (Wildman–Crippen MR) is 88.3 cm³/mol. The Morgan fingerprint density at radius 3 is 2.61 bits per heavy atom. The summed E-state index contributed by atoms with van der Waals surface area (Å²) >= 11 is 12.6. The summed E-state index contributed by atoms with van der Waals surface area (Å²) in [5.41, 5.74) is 1.33. The summed E-state index contributed by atoms with van der Waals surface area (Å²) < 4.78 is 5.24. The lowest BCUT2D eigenvalue weighted by Crippen LogP contribution is -2.30. The first-order valence-electron chi connectivity index (χ1n) is 7.88. The summed E-state index contributed by atoms with van der Waals surface area (Å²) in [4.78, 5) is 10.7. The normalized spacial score (nSPS) is 27.2. The van der Waals surface area contributed by atoms with Crippen LogP contribution in [0, 0.1) is 11.3 Å². The highest BCUT2D eigenvalue weighted by Crippen LogP contribution is 2.57. The molecule has 2 N–H and O–H groups in total. The molecule has 0 amide bonds. The molecule has 1 fully saturated rings. The van der Waals surface area contributed by atoms with E-state index in [2.05, 4.69) is 6.92 Å². The average molecular weight is 359 g/mol. The van der Waals surface area contributed by atoms with Crippen molar-refractivity contribution in [2.24, 2.45) is 11.3 Å². The molecule has 4 nitrogen and oxygen atoms in total. The Morgan fingerprint density at radius 2 is 2.00 bits per heavy atom. The molecule has 23 heavy (non-hydrogen) atoms. The number of aliphatic hydroxyl groups excluding tert-OH is 1. The zero-order valence-corrected chi connectivity index (χ0v) is 14.5. The third-order valence-corrected chi connectivity index (χ3v) is 6.27. The average Bonchev–Trinajstić information content (AvgIpc) is 3.10. The van der Waals surface area contributed by atoms with Crippen molar-refractivity contribution in [3.63, 3.8) is 0 Å². The number of carbonyl (C=O) groups is 1. The lowest BCUT2D eigenvalue weighted by molar-refractivity contribution is -0.139. The van der Waals surface area contributed by atoms with Crippen LogP contribution in [0.2, 0.25) is 10.0 Å². The number of rotatable bonds is 4. The van der Waals surface area contributed by atoms with Crippen molar-refractivity contribution in [3.8, 4) is 5.75 Å². The van der Waals surface area contributed by atoms with E-state index in [9.17, 15) is 9.90 Å². The van der Waals surface area contributed by atoms with E-state index in [-0.39, 0.29) is 21.2 Å². The minimum atomic E-state index is -1.08. The minimum Gasteiger partial charge on any atom is -0.480 e. The molecule has 2 aliphatic carbocycles. The molecule has 126 valence electrons. The van der Waals surface area contributed by atoms with Crippen LogP contribution < -0.4 is 4.74 Å². The second-order valence-corrected chi connectivity index (χ2v) is 7.58. The maximum absolute atomic E-state index is 10.9. The van der Waals surface area contributed by atoms with E-state index in [1.54, 1.807) is 6.07 Å². The highest BCUT2D eigenvalue weighted by Gasteiger charge is 2.49. The largest absolute Gasteiger partial charge is 0.480 e. The lowest BCUT2D eigenvalue weighted by Gasteiger charge is -2.35. The second kappa shape index (κ2) is 6.15. The molecule has 0 spiro atoms. The van der Waals surface area contributed by atoms with E-state index in [1.165, 1.54) is 12.8 Å². The first kappa shape index (κ1) is 16.9. The van der Waals surface area contributed by atoms with Crippen LogP contribution in [-0.4, -0.2) is 22.8 Å². The Bertz CT molecular complexity index is 640. The first-order valence-corrected chi connectivity index (χ1v) is 8.63. The highest BCUT2D eigenvalue weighted by molar-refractivity contribution is 6.43. The Hall–Kier alpha value is -0.970. The van der Waals surface area contributed by atoms with Gasteiger partial charge in [-0.2, -0.15) is 0 Å². The predicted octanol–water partition coefficient (Wildman–Crippen LogP) is 4.24. The van der Waals surface area contributed by atoms with Gasteiger partial charge in [-0.05, 0) is 36.8 Å². The second-order valence-electron chi connectivity index (χ2n) is 6.82. The Kier molecular flexibility index (Phi) is 4.51. The van der Waals surface area contributed by atoms with E-state index in [4.69, 9.17) is 33.0 Å². The SMILES string of the molecule is CC1(C2CCCC2)Cc2cc(OCC(=O)O)c(Cl)c(Cl)c2C1O. The molecule has 1 aromatic rings. The Morgan fingerprint density at radius 1 is 1.35 bits per heavy atom. The van der Waals surface area contributed by atoms with E-state index >= 15 is 0 Å². The van der Waals surface area contributed by atoms with Crippen molar-refractivity contribution >= 4 is 29.2 Å². The van der Waals surface area contributed by atoms with Crippen LogP contribution in [0.5, 0.6) is 5.75 Å². The van der Waals surface area contributed by atoms with Gasteiger partial charge in [-0.1, -0.05) is 43.0 Å². The molecule has 1 saturated carbocycles. The molecular formula is C17H20Cl2O4. The van der Waals surface area contributed by atoms with Crippen LogP contribution in [0.15, 0.2) is 6.07 Å². The van der Waals surface area contributed by atoms with Gasteiger partial charge >= 0.3 is 5.97 Å². The first-order chi connectivity index (χ1) is 10.8. The van der Waals surface area contributed by atoms with Crippen molar-refractivity contribution in [3.05, 3.63) is 27.2 Å². The number of benzene rings is 1. The fourth-order valence-electron chi connectivity index (χ4n) is 4.14. The molecule has 0 heterocycles. The molecule has 6 heteroatoms. The number of hydrogen-bond donors (Lipinski definition) is 2. The Labute approximate surface area is 145 Å². The molecule has 2 aliphatic rings. The molecule has 0 aliphatic heterocycles. The smallest absolute Gasteiger partial charge is 0.341 e. The van der Waals surface area contributed by atoms with Gasteiger partial charge in [-0.15, -0.1) is 0 Å². The van der Waals surface area contributed by atoms with Gasteiger partial charge in [0.15, 0.2) is 6.61 Å². The maximum atomic E-state index is 10.9. The number of fused-ring (bicyclic) bond motifs is 1. The van der Waals surface area contributed by atoms with Gasteiger partial charge in [0.2, 0.25) is 0 Å². The summed E-state index contributed by atoms with van der Waals surface area (Å²) in [7, 11) is 0. The van der Waals surface area contributed by atoms with Gasteiger partial charge < -0.3 is 14.9 Å². The highest BCUT2D eigenvalue weighted by atomic mass is 35.5. The molecular weight excluding hydrogens is 339 g/mol. The van der Waals surface area contributed by atoms with Crippen molar-refractivity contribution in [2.45, 2.75) is 45.1 Å². The van der Waals surface area contributed by atoms with Crippen LogP contribution in [0.4, 0.5) is 0 Å². The summed E-state index contributed by atoms with van der Waals surface area (Å²) in [5, 5.41) is 20.1. The topological polar surface area (TPSA) is 66.8 Å².